The van der Waals surface area contributed by atoms with Crippen LogP contribution in [0.15, 0.2) is 59.0 Å². The average molecular weight is 380 g/mol. The molecule has 8 heteroatoms. The first kappa shape index (κ1) is 17.8. The van der Waals surface area contributed by atoms with Gasteiger partial charge in [-0.3, -0.25) is 9.69 Å². The summed E-state index contributed by atoms with van der Waals surface area (Å²) in [7, 11) is 0. The number of nitrogens with one attached hydrogen (secondary N) is 1. The van der Waals surface area contributed by atoms with Crippen LogP contribution in [0.3, 0.4) is 0 Å². The van der Waals surface area contributed by atoms with E-state index in [0.717, 1.165) is 10.5 Å². The van der Waals surface area contributed by atoms with Gasteiger partial charge in [0.25, 0.3) is 5.91 Å². The van der Waals surface area contributed by atoms with E-state index in [1.54, 1.807) is 6.92 Å². The van der Waals surface area contributed by atoms with Gasteiger partial charge < -0.3 is 9.73 Å². The van der Waals surface area contributed by atoms with Gasteiger partial charge in [-0.2, -0.15) is 0 Å². The van der Waals surface area contributed by atoms with E-state index in [9.17, 15) is 14.0 Å². The number of urea groups is 1. The van der Waals surface area contributed by atoms with Crippen molar-refractivity contribution >= 4 is 11.9 Å². The van der Waals surface area contributed by atoms with E-state index in [-0.39, 0.29) is 12.4 Å². The van der Waals surface area contributed by atoms with E-state index in [1.165, 1.54) is 24.3 Å². The lowest BCUT2D eigenvalue weighted by Gasteiger charge is -2.25. The second-order valence-corrected chi connectivity index (χ2v) is 6.45. The molecule has 1 aliphatic rings. The molecule has 0 bridgehead atoms. The number of halogens is 1. The van der Waals surface area contributed by atoms with Gasteiger partial charge in [0, 0.05) is 5.56 Å². The van der Waals surface area contributed by atoms with Gasteiger partial charge in [0.1, 0.15) is 17.9 Å². The Kier molecular flexibility index (Phi) is 4.38. The van der Waals surface area contributed by atoms with Crippen LogP contribution in [0.25, 0.3) is 11.5 Å². The summed E-state index contributed by atoms with van der Waals surface area (Å²) in [5, 5.41) is 10.7. The quantitative estimate of drug-likeness (QED) is 0.687. The molecule has 1 aromatic heterocycles. The van der Waals surface area contributed by atoms with Gasteiger partial charge in [-0.15, -0.1) is 10.2 Å². The molecule has 0 aliphatic carbocycles. The molecule has 2 aromatic carbocycles. The van der Waals surface area contributed by atoms with Crippen LogP contribution in [0.2, 0.25) is 0 Å². The summed E-state index contributed by atoms with van der Waals surface area (Å²) in [5.41, 5.74) is 0.0213. The molecule has 28 heavy (non-hydrogen) atoms. The molecule has 0 spiro atoms. The number of hydrogen-bond acceptors (Lipinski definition) is 5. The van der Waals surface area contributed by atoms with Crippen LogP contribution in [0.1, 0.15) is 24.8 Å². The Bertz CT molecular complexity index is 1020. The predicted molar refractivity (Wildman–Crippen MR) is 97.2 cm³/mol. The first-order valence-electron chi connectivity index (χ1n) is 8.81. The highest BCUT2D eigenvalue weighted by Gasteiger charge is 2.51. The molecule has 0 saturated carbocycles. The summed E-state index contributed by atoms with van der Waals surface area (Å²) in [6, 6.07) is 14.2. The van der Waals surface area contributed by atoms with Crippen molar-refractivity contribution in [1.82, 2.24) is 20.4 Å². The fraction of sp³-hybridized carbons (Fsp3) is 0.200. The number of benzene rings is 2. The predicted octanol–water partition coefficient (Wildman–Crippen LogP) is 3.23. The smallest absolute Gasteiger partial charge is 0.325 e. The number of aromatic nitrogens is 2. The van der Waals surface area contributed by atoms with Crippen molar-refractivity contribution in [3.63, 3.8) is 0 Å². The van der Waals surface area contributed by atoms with Gasteiger partial charge in [0.05, 0.1) is 0 Å². The van der Waals surface area contributed by atoms with Gasteiger partial charge >= 0.3 is 6.03 Å². The van der Waals surface area contributed by atoms with E-state index >= 15 is 0 Å². The van der Waals surface area contributed by atoms with E-state index in [0.29, 0.717) is 17.9 Å². The van der Waals surface area contributed by atoms with Crippen molar-refractivity contribution in [3.05, 3.63) is 71.9 Å². The maximum Gasteiger partial charge on any atom is 0.325 e. The summed E-state index contributed by atoms with van der Waals surface area (Å²) < 4.78 is 18.9. The summed E-state index contributed by atoms with van der Waals surface area (Å²) in [6.07, 6.45) is 0.318. The van der Waals surface area contributed by atoms with E-state index in [2.05, 4.69) is 15.5 Å². The number of amides is 3. The van der Waals surface area contributed by atoms with Gasteiger partial charge in [0.15, 0.2) is 0 Å². The lowest BCUT2D eigenvalue weighted by molar-refractivity contribution is -0.132. The van der Waals surface area contributed by atoms with Crippen LogP contribution in [-0.2, 0) is 16.9 Å². The van der Waals surface area contributed by atoms with Crippen LogP contribution in [0.4, 0.5) is 9.18 Å². The Labute approximate surface area is 160 Å². The second-order valence-electron chi connectivity index (χ2n) is 6.45. The third-order valence-corrected chi connectivity index (χ3v) is 4.82. The molecule has 0 radical (unpaired) electrons. The largest absolute Gasteiger partial charge is 0.419 e. The van der Waals surface area contributed by atoms with Crippen LogP contribution in [0.5, 0.6) is 0 Å². The molecule has 4 rings (SSSR count). The fourth-order valence-electron chi connectivity index (χ4n) is 3.29. The van der Waals surface area contributed by atoms with Crippen molar-refractivity contribution < 1.29 is 18.4 Å². The minimum atomic E-state index is -1.24. The number of carbonyl (C=O) groups excluding carboxylic acids is 2. The molecule has 3 aromatic rings. The molecule has 3 amide bonds. The normalized spacial score (nSPS) is 19.1. The van der Waals surface area contributed by atoms with Crippen molar-refractivity contribution in [1.29, 1.82) is 0 Å². The number of nitrogens with zero attached hydrogens (tertiary/aromatic N) is 3. The molecule has 142 valence electrons. The zero-order valence-corrected chi connectivity index (χ0v) is 15.1. The number of rotatable bonds is 5. The Balaban J connectivity index is 1.59. The van der Waals surface area contributed by atoms with E-state index in [4.69, 9.17) is 4.42 Å². The van der Waals surface area contributed by atoms with Gasteiger partial charge in [-0.1, -0.05) is 37.3 Å². The second kappa shape index (κ2) is 6.88. The fourth-order valence-corrected chi connectivity index (χ4v) is 3.29. The number of carbonyl (C=O) groups is 2. The molecular formula is C20H17FN4O3. The third-order valence-electron chi connectivity index (χ3n) is 4.82. The van der Waals surface area contributed by atoms with Gasteiger partial charge in [0.2, 0.25) is 11.8 Å². The van der Waals surface area contributed by atoms with Gasteiger partial charge in [-0.05, 0) is 36.2 Å². The summed E-state index contributed by atoms with van der Waals surface area (Å²) in [6.45, 7) is 1.64. The first-order chi connectivity index (χ1) is 13.5. The number of hydrogen-bond donors (Lipinski definition) is 1. The van der Waals surface area contributed by atoms with Crippen LogP contribution < -0.4 is 5.32 Å². The highest BCUT2D eigenvalue weighted by molar-refractivity contribution is 6.07. The lowest BCUT2D eigenvalue weighted by atomic mass is 9.87. The molecule has 1 fully saturated rings. The summed E-state index contributed by atoms with van der Waals surface area (Å²) >= 11 is 0. The minimum absolute atomic E-state index is 0.145. The van der Waals surface area contributed by atoms with E-state index < -0.39 is 23.3 Å². The van der Waals surface area contributed by atoms with Crippen LogP contribution in [0, 0.1) is 5.82 Å². The standard InChI is InChI=1S/C20H17FN4O3/c1-2-20(14-8-10-15(21)11-9-14)18(26)25(19(27)22-20)12-16-23-24-17(28-16)13-6-4-3-5-7-13/h3-11H,2,12H2,1H3,(H,22,27). The topological polar surface area (TPSA) is 88.3 Å². The lowest BCUT2D eigenvalue weighted by Crippen LogP contribution is -2.43. The molecule has 1 saturated heterocycles. The average Bonchev–Trinajstić information content (AvgIpc) is 3.28. The monoisotopic (exact) mass is 380 g/mol. The molecule has 1 unspecified atom stereocenters. The van der Waals surface area contributed by atoms with E-state index in [1.807, 2.05) is 30.3 Å². The Morgan fingerprint density at radius 1 is 1.07 bits per heavy atom. The van der Waals surface area contributed by atoms with Gasteiger partial charge in [-0.25, -0.2) is 9.18 Å². The van der Waals surface area contributed by atoms with Crippen LogP contribution in [-0.4, -0.2) is 27.0 Å². The minimum Gasteiger partial charge on any atom is -0.419 e. The van der Waals surface area contributed by atoms with Crippen LogP contribution >= 0.6 is 0 Å². The third kappa shape index (κ3) is 2.92. The Hall–Kier alpha value is -3.55. The SMILES string of the molecule is CCC1(c2ccc(F)cc2)NC(=O)N(Cc2nnc(-c3ccccc3)o2)C1=O. The highest BCUT2D eigenvalue weighted by Crippen LogP contribution is 2.33. The summed E-state index contributed by atoms with van der Waals surface area (Å²) in [4.78, 5) is 26.6. The van der Waals surface area contributed by atoms with Crippen molar-refractivity contribution in [3.8, 4) is 11.5 Å². The van der Waals surface area contributed by atoms with Crippen molar-refractivity contribution in [2.75, 3.05) is 0 Å². The zero-order valence-electron chi connectivity index (χ0n) is 15.1. The molecule has 2 heterocycles. The highest BCUT2D eigenvalue weighted by atomic mass is 19.1. The van der Waals surface area contributed by atoms with Crippen molar-refractivity contribution in [2.24, 2.45) is 0 Å². The molecule has 1 atom stereocenters. The molecular weight excluding hydrogens is 363 g/mol. The Morgan fingerprint density at radius 3 is 2.46 bits per heavy atom. The Morgan fingerprint density at radius 2 is 1.79 bits per heavy atom. The molecule has 7 nitrogen and oxygen atoms in total. The maximum atomic E-state index is 13.3. The number of imide groups is 1. The zero-order chi connectivity index (χ0) is 19.7. The summed E-state index contributed by atoms with van der Waals surface area (Å²) in [5.74, 6) is -0.398. The van der Waals surface area contributed by atoms with Crippen molar-refractivity contribution in [2.45, 2.75) is 25.4 Å². The molecule has 1 aliphatic heterocycles. The molecule has 1 N–H and O–H groups in total. The maximum absolute atomic E-state index is 13.3. The first-order valence-corrected chi connectivity index (χ1v) is 8.81.